The molecule has 5 heteroatoms. The number of carbonyl (C=O) groups excluding carboxylic acids is 1. The Hall–Kier alpha value is -1.71. The van der Waals surface area contributed by atoms with E-state index in [0.717, 1.165) is 11.3 Å². The van der Waals surface area contributed by atoms with Crippen molar-refractivity contribution in [2.75, 3.05) is 17.7 Å². The number of nitrogens with zero attached hydrogens (tertiary/aromatic N) is 1. The third-order valence-electron chi connectivity index (χ3n) is 3.05. The van der Waals surface area contributed by atoms with Gasteiger partial charge < -0.3 is 10.6 Å². The highest BCUT2D eigenvalue weighted by molar-refractivity contribution is 6.39. The van der Waals surface area contributed by atoms with Crippen LogP contribution in [0.15, 0.2) is 36.4 Å². The second-order valence-electron chi connectivity index (χ2n) is 4.55. The Morgan fingerprint density at radius 1 is 1.10 bits per heavy atom. The summed E-state index contributed by atoms with van der Waals surface area (Å²) >= 11 is 11.9. The molecule has 104 valence electrons. The molecule has 0 unspecified atom stereocenters. The highest BCUT2D eigenvalue weighted by atomic mass is 35.5. The van der Waals surface area contributed by atoms with Gasteiger partial charge in [-0.05, 0) is 31.2 Å². The minimum absolute atomic E-state index is 0.197. The van der Waals surface area contributed by atoms with Crippen molar-refractivity contribution in [1.82, 2.24) is 0 Å². The predicted octanol–water partition coefficient (Wildman–Crippen LogP) is 4.16. The van der Waals surface area contributed by atoms with Gasteiger partial charge in [-0.2, -0.15) is 0 Å². The summed E-state index contributed by atoms with van der Waals surface area (Å²) in [5.41, 5.74) is 8.28. The Bertz CT molecular complexity index is 630. The maximum atomic E-state index is 12.4. The number of amides is 1. The lowest BCUT2D eigenvalue weighted by molar-refractivity contribution is 0.0993. The van der Waals surface area contributed by atoms with Crippen LogP contribution in [0.5, 0.6) is 0 Å². The van der Waals surface area contributed by atoms with Gasteiger partial charge in [0.15, 0.2) is 0 Å². The third-order valence-corrected chi connectivity index (χ3v) is 3.68. The Labute approximate surface area is 127 Å². The van der Waals surface area contributed by atoms with Crippen molar-refractivity contribution in [2.24, 2.45) is 0 Å². The molecule has 0 saturated heterocycles. The van der Waals surface area contributed by atoms with Crippen molar-refractivity contribution in [3.05, 3.63) is 57.6 Å². The van der Waals surface area contributed by atoms with Gasteiger partial charge in [0.2, 0.25) is 0 Å². The minimum Gasteiger partial charge on any atom is -0.396 e. The van der Waals surface area contributed by atoms with Crippen LogP contribution in [0.3, 0.4) is 0 Å². The number of benzene rings is 2. The first-order valence-electron chi connectivity index (χ1n) is 5.99. The zero-order valence-corrected chi connectivity index (χ0v) is 12.7. The summed E-state index contributed by atoms with van der Waals surface area (Å²) in [5, 5.41) is 0.552. The highest BCUT2D eigenvalue weighted by Crippen LogP contribution is 2.29. The van der Waals surface area contributed by atoms with E-state index in [0.29, 0.717) is 5.56 Å². The molecule has 2 aromatic rings. The monoisotopic (exact) mass is 308 g/mol. The summed E-state index contributed by atoms with van der Waals surface area (Å²) in [7, 11) is 1.70. The number of anilines is 2. The summed E-state index contributed by atoms with van der Waals surface area (Å²) in [4.78, 5) is 14.0. The zero-order chi connectivity index (χ0) is 14.9. The van der Waals surface area contributed by atoms with Crippen molar-refractivity contribution in [2.45, 2.75) is 6.92 Å². The molecule has 0 fully saturated rings. The van der Waals surface area contributed by atoms with Crippen LogP contribution < -0.4 is 10.6 Å². The van der Waals surface area contributed by atoms with Crippen LogP contribution in [0.4, 0.5) is 11.4 Å². The molecule has 2 aromatic carbocycles. The summed E-state index contributed by atoms with van der Waals surface area (Å²) in [6.45, 7) is 1.99. The maximum absolute atomic E-state index is 12.4. The lowest BCUT2D eigenvalue weighted by atomic mass is 10.1. The van der Waals surface area contributed by atoms with E-state index in [2.05, 4.69) is 0 Å². The van der Waals surface area contributed by atoms with Gasteiger partial charge in [0, 0.05) is 18.3 Å². The fourth-order valence-corrected chi connectivity index (χ4v) is 2.27. The molecule has 2 rings (SSSR count). The molecule has 0 saturated carbocycles. The Morgan fingerprint density at radius 2 is 1.60 bits per heavy atom. The summed E-state index contributed by atoms with van der Waals surface area (Å²) in [6.07, 6.45) is 0. The lowest BCUT2D eigenvalue weighted by Crippen LogP contribution is -2.26. The first kappa shape index (κ1) is 14.7. The van der Waals surface area contributed by atoms with Gasteiger partial charge in [-0.25, -0.2) is 0 Å². The van der Waals surface area contributed by atoms with E-state index in [1.165, 1.54) is 17.0 Å². The molecular formula is C15H14Cl2N2O. The van der Waals surface area contributed by atoms with Crippen LogP contribution in [0.2, 0.25) is 10.0 Å². The number of aryl methyl sites for hydroxylation is 1. The van der Waals surface area contributed by atoms with Gasteiger partial charge in [0.25, 0.3) is 5.91 Å². The van der Waals surface area contributed by atoms with E-state index in [1.807, 2.05) is 31.2 Å². The number of nitrogens with two attached hydrogens (primary N) is 1. The average Bonchev–Trinajstić information content (AvgIpc) is 2.43. The molecule has 0 aromatic heterocycles. The molecule has 3 nitrogen and oxygen atoms in total. The van der Waals surface area contributed by atoms with E-state index in [4.69, 9.17) is 28.9 Å². The largest absolute Gasteiger partial charge is 0.396 e. The van der Waals surface area contributed by atoms with Gasteiger partial charge in [-0.15, -0.1) is 0 Å². The summed E-state index contributed by atoms with van der Waals surface area (Å²) in [6, 6.07) is 10.7. The molecule has 0 bridgehead atoms. The standard InChI is InChI=1S/C15H14Cl2N2O/c1-9-3-5-11(6-4-9)19(2)15(20)10-7-12(16)14(18)13(17)8-10/h3-8H,18H2,1-2H3. The quantitative estimate of drug-likeness (QED) is 0.847. The molecule has 2 N–H and O–H groups in total. The van der Waals surface area contributed by atoms with E-state index in [9.17, 15) is 4.79 Å². The molecule has 0 radical (unpaired) electrons. The summed E-state index contributed by atoms with van der Waals surface area (Å²) in [5.74, 6) is -0.197. The predicted molar refractivity (Wildman–Crippen MR) is 84.8 cm³/mol. The lowest BCUT2D eigenvalue weighted by Gasteiger charge is -2.18. The van der Waals surface area contributed by atoms with Crippen molar-refractivity contribution in [3.63, 3.8) is 0 Å². The number of halogens is 2. The van der Waals surface area contributed by atoms with E-state index in [1.54, 1.807) is 7.05 Å². The van der Waals surface area contributed by atoms with E-state index in [-0.39, 0.29) is 21.6 Å². The summed E-state index contributed by atoms with van der Waals surface area (Å²) < 4.78 is 0. The number of hydrogen-bond acceptors (Lipinski definition) is 2. The van der Waals surface area contributed by atoms with Gasteiger partial charge in [0.05, 0.1) is 15.7 Å². The fraction of sp³-hybridized carbons (Fsp3) is 0.133. The number of carbonyl (C=O) groups is 1. The average molecular weight is 309 g/mol. The zero-order valence-electron chi connectivity index (χ0n) is 11.2. The minimum atomic E-state index is -0.197. The molecule has 0 aliphatic rings. The Balaban J connectivity index is 2.33. The topological polar surface area (TPSA) is 46.3 Å². The molecule has 0 aliphatic heterocycles. The molecular weight excluding hydrogens is 295 g/mol. The van der Waals surface area contributed by atoms with Crippen LogP contribution >= 0.6 is 23.2 Å². The van der Waals surface area contributed by atoms with Crippen LogP contribution in [-0.2, 0) is 0 Å². The molecule has 20 heavy (non-hydrogen) atoms. The molecule has 0 atom stereocenters. The van der Waals surface area contributed by atoms with Crippen LogP contribution in [0, 0.1) is 6.92 Å². The van der Waals surface area contributed by atoms with Crippen LogP contribution in [-0.4, -0.2) is 13.0 Å². The van der Waals surface area contributed by atoms with Crippen molar-refractivity contribution in [3.8, 4) is 0 Å². The Kier molecular flexibility index (Phi) is 4.21. The van der Waals surface area contributed by atoms with Gasteiger partial charge in [0.1, 0.15) is 0 Å². The molecule has 0 spiro atoms. The second-order valence-corrected chi connectivity index (χ2v) is 5.37. The smallest absolute Gasteiger partial charge is 0.258 e. The van der Waals surface area contributed by atoms with Crippen LogP contribution in [0.25, 0.3) is 0 Å². The first-order chi connectivity index (χ1) is 9.40. The van der Waals surface area contributed by atoms with Crippen molar-refractivity contribution < 1.29 is 4.79 Å². The van der Waals surface area contributed by atoms with Gasteiger partial charge in [-0.3, -0.25) is 4.79 Å². The van der Waals surface area contributed by atoms with Gasteiger partial charge in [-0.1, -0.05) is 40.9 Å². The SMILES string of the molecule is Cc1ccc(N(C)C(=O)c2cc(Cl)c(N)c(Cl)c2)cc1. The number of rotatable bonds is 2. The molecule has 1 amide bonds. The highest BCUT2D eigenvalue weighted by Gasteiger charge is 2.16. The second kappa shape index (κ2) is 5.73. The van der Waals surface area contributed by atoms with E-state index < -0.39 is 0 Å². The fourth-order valence-electron chi connectivity index (χ4n) is 1.79. The third kappa shape index (κ3) is 2.89. The van der Waals surface area contributed by atoms with Gasteiger partial charge >= 0.3 is 0 Å². The molecule has 0 heterocycles. The number of hydrogen-bond donors (Lipinski definition) is 1. The first-order valence-corrected chi connectivity index (χ1v) is 6.75. The number of nitrogen functional groups attached to an aromatic ring is 1. The van der Waals surface area contributed by atoms with Crippen molar-refractivity contribution in [1.29, 1.82) is 0 Å². The Morgan fingerprint density at radius 3 is 2.10 bits per heavy atom. The maximum Gasteiger partial charge on any atom is 0.258 e. The molecule has 0 aliphatic carbocycles. The van der Waals surface area contributed by atoms with Crippen molar-refractivity contribution >= 4 is 40.5 Å². The van der Waals surface area contributed by atoms with Crippen LogP contribution in [0.1, 0.15) is 15.9 Å². The normalized spacial score (nSPS) is 10.4. The van der Waals surface area contributed by atoms with E-state index >= 15 is 0 Å².